The number of imide groups is 1. The molecule has 0 spiro atoms. The molecular formula is C20H19N3O5. The van der Waals surface area contributed by atoms with Crippen molar-refractivity contribution < 1.29 is 24.3 Å². The molecule has 1 heterocycles. The van der Waals surface area contributed by atoms with Crippen LogP contribution >= 0.6 is 0 Å². The van der Waals surface area contributed by atoms with Crippen molar-refractivity contribution in [3.05, 3.63) is 71.3 Å². The Labute approximate surface area is 161 Å². The summed E-state index contributed by atoms with van der Waals surface area (Å²) in [5.41, 5.74) is 0.393. The van der Waals surface area contributed by atoms with Gasteiger partial charge in [-0.1, -0.05) is 42.5 Å². The van der Waals surface area contributed by atoms with Gasteiger partial charge in [-0.05, 0) is 30.2 Å². The Morgan fingerprint density at radius 1 is 1.04 bits per heavy atom. The predicted octanol–water partition coefficient (Wildman–Crippen LogP) is 1.47. The number of urea groups is 1. The first-order valence-electron chi connectivity index (χ1n) is 8.59. The van der Waals surface area contributed by atoms with Crippen molar-refractivity contribution in [3.8, 4) is 0 Å². The largest absolute Gasteiger partial charge is 0.480 e. The van der Waals surface area contributed by atoms with Gasteiger partial charge in [-0.15, -0.1) is 0 Å². The van der Waals surface area contributed by atoms with E-state index in [2.05, 4.69) is 10.6 Å². The summed E-state index contributed by atoms with van der Waals surface area (Å²) in [6, 6.07) is 14.7. The molecule has 1 fully saturated rings. The molecule has 2 aromatic rings. The van der Waals surface area contributed by atoms with Gasteiger partial charge >= 0.3 is 12.0 Å². The van der Waals surface area contributed by atoms with E-state index in [1.807, 2.05) is 30.3 Å². The second-order valence-electron chi connectivity index (χ2n) is 6.65. The third kappa shape index (κ3) is 3.85. The maximum atomic E-state index is 12.8. The van der Waals surface area contributed by atoms with Gasteiger partial charge in [0.15, 0.2) is 0 Å². The molecule has 4 amide bonds. The molecular weight excluding hydrogens is 362 g/mol. The number of carbonyl (C=O) groups excluding carboxylic acids is 3. The van der Waals surface area contributed by atoms with Gasteiger partial charge in [-0.2, -0.15) is 0 Å². The lowest BCUT2D eigenvalue weighted by Gasteiger charge is -2.23. The van der Waals surface area contributed by atoms with Crippen molar-refractivity contribution >= 4 is 23.8 Å². The van der Waals surface area contributed by atoms with Crippen LogP contribution in [0.1, 0.15) is 28.4 Å². The van der Waals surface area contributed by atoms with E-state index in [-0.39, 0.29) is 12.1 Å². The average molecular weight is 381 g/mol. The van der Waals surface area contributed by atoms with Gasteiger partial charge in [0.2, 0.25) is 0 Å². The van der Waals surface area contributed by atoms with Gasteiger partial charge in [0.25, 0.3) is 11.8 Å². The third-order valence-electron chi connectivity index (χ3n) is 4.58. The van der Waals surface area contributed by atoms with Gasteiger partial charge in [0.1, 0.15) is 12.1 Å². The summed E-state index contributed by atoms with van der Waals surface area (Å²) in [4.78, 5) is 48.7. The molecule has 144 valence electrons. The fourth-order valence-corrected chi connectivity index (χ4v) is 3.04. The van der Waals surface area contributed by atoms with Crippen molar-refractivity contribution in [1.29, 1.82) is 0 Å². The Morgan fingerprint density at radius 3 is 2.21 bits per heavy atom. The zero-order chi connectivity index (χ0) is 20.3. The second-order valence-corrected chi connectivity index (χ2v) is 6.65. The first-order chi connectivity index (χ1) is 13.3. The highest BCUT2D eigenvalue weighted by molar-refractivity contribution is 6.07. The molecule has 1 aliphatic rings. The standard InChI is InChI=1S/C20H19N3O5/c1-20(18(27)21-19(28)22-20)15-9-7-14(8-10-15)17(26)23(12-16(24)25)11-13-5-3-2-4-6-13/h2-10H,11-12H2,1H3,(H,24,25)(H2,21,22,27,28)/t20-/m1/s1. The smallest absolute Gasteiger partial charge is 0.323 e. The predicted molar refractivity (Wildman–Crippen MR) is 99.3 cm³/mol. The number of carbonyl (C=O) groups is 4. The highest BCUT2D eigenvalue weighted by Crippen LogP contribution is 2.25. The number of amides is 4. The lowest BCUT2D eigenvalue weighted by atomic mass is 9.91. The lowest BCUT2D eigenvalue weighted by molar-refractivity contribution is -0.137. The number of rotatable bonds is 6. The van der Waals surface area contributed by atoms with E-state index in [0.717, 1.165) is 5.56 Å². The molecule has 0 radical (unpaired) electrons. The SMILES string of the molecule is C[C@]1(c2ccc(C(=O)N(CC(=O)O)Cc3ccccc3)cc2)NC(=O)NC1=O. The Morgan fingerprint density at radius 2 is 1.68 bits per heavy atom. The van der Waals surface area contributed by atoms with Gasteiger partial charge in [0.05, 0.1) is 0 Å². The molecule has 2 aromatic carbocycles. The number of carboxylic acid groups (broad SMARTS) is 1. The van der Waals surface area contributed by atoms with Crippen LogP contribution in [0.4, 0.5) is 4.79 Å². The van der Waals surface area contributed by atoms with Crippen LogP contribution < -0.4 is 10.6 Å². The Bertz CT molecular complexity index is 927. The highest BCUT2D eigenvalue weighted by atomic mass is 16.4. The summed E-state index contributed by atoms with van der Waals surface area (Å²) < 4.78 is 0. The van der Waals surface area contributed by atoms with Crippen LogP contribution in [0.5, 0.6) is 0 Å². The first kappa shape index (κ1) is 19.1. The van der Waals surface area contributed by atoms with Crippen LogP contribution in [0.15, 0.2) is 54.6 Å². The van der Waals surface area contributed by atoms with Crippen molar-refractivity contribution in [2.24, 2.45) is 0 Å². The molecule has 8 nitrogen and oxygen atoms in total. The van der Waals surface area contributed by atoms with E-state index in [9.17, 15) is 19.2 Å². The van der Waals surface area contributed by atoms with Gasteiger partial charge in [0, 0.05) is 12.1 Å². The van der Waals surface area contributed by atoms with Gasteiger partial charge < -0.3 is 15.3 Å². The zero-order valence-corrected chi connectivity index (χ0v) is 15.1. The molecule has 0 bridgehead atoms. The van der Waals surface area contributed by atoms with Crippen LogP contribution in [0.25, 0.3) is 0 Å². The normalized spacial score (nSPS) is 18.3. The highest BCUT2D eigenvalue weighted by Gasteiger charge is 2.43. The quantitative estimate of drug-likeness (QED) is 0.656. The van der Waals surface area contributed by atoms with Crippen LogP contribution in [0.2, 0.25) is 0 Å². The lowest BCUT2D eigenvalue weighted by Crippen LogP contribution is -2.40. The molecule has 3 rings (SSSR count). The van der Waals surface area contributed by atoms with Gasteiger partial charge in [-0.3, -0.25) is 19.7 Å². The molecule has 1 atom stereocenters. The monoisotopic (exact) mass is 381 g/mol. The molecule has 0 aromatic heterocycles. The number of nitrogens with one attached hydrogen (secondary N) is 2. The molecule has 0 aliphatic carbocycles. The number of nitrogens with zero attached hydrogens (tertiary/aromatic N) is 1. The number of hydrogen-bond donors (Lipinski definition) is 3. The van der Waals surface area contributed by atoms with E-state index >= 15 is 0 Å². The topological polar surface area (TPSA) is 116 Å². The van der Waals surface area contributed by atoms with Crippen molar-refractivity contribution in [2.45, 2.75) is 19.0 Å². The molecule has 1 aliphatic heterocycles. The third-order valence-corrected chi connectivity index (χ3v) is 4.58. The summed E-state index contributed by atoms with van der Waals surface area (Å²) in [6.07, 6.45) is 0. The van der Waals surface area contributed by atoms with Crippen molar-refractivity contribution in [1.82, 2.24) is 15.5 Å². The maximum absolute atomic E-state index is 12.8. The average Bonchev–Trinajstić information content (AvgIpc) is 2.94. The molecule has 28 heavy (non-hydrogen) atoms. The fourth-order valence-electron chi connectivity index (χ4n) is 3.04. The molecule has 0 saturated carbocycles. The number of aliphatic carboxylic acids is 1. The zero-order valence-electron chi connectivity index (χ0n) is 15.1. The van der Waals surface area contributed by atoms with E-state index < -0.39 is 35.9 Å². The summed E-state index contributed by atoms with van der Waals surface area (Å²) >= 11 is 0. The number of carboxylic acids is 1. The molecule has 8 heteroatoms. The van der Waals surface area contributed by atoms with E-state index in [1.165, 1.54) is 17.0 Å². The van der Waals surface area contributed by atoms with Crippen LogP contribution in [0, 0.1) is 0 Å². The first-order valence-corrected chi connectivity index (χ1v) is 8.59. The van der Waals surface area contributed by atoms with Crippen LogP contribution in [-0.2, 0) is 21.7 Å². The Kier molecular flexibility index (Phi) is 5.12. The minimum atomic E-state index is -1.22. The summed E-state index contributed by atoms with van der Waals surface area (Å²) in [5, 5.41) is 13.9. The Balaban J connectivity index is 1.82. The molecule has 3 N–H and O–H groups in total. The van der Waals surface area contributed by atoms with E-state index in [0.29, 0.717) is 5.56 Å². The number of hydrogen-bond acceptors (Lipinski definition) is 4. The van der Waals surface area contributed by atoms with E-state index in [1.54, 1.807) is 19.1 Å². The minimum Gasteiger partial charge on any atom is -0.480 e. The second kappa shape index (κ2) is 7.51. The summed E-state index contributed by atoms with van der Waals surface area (Å²) in [5.74, 6) is -2.03. The molecule has 1 saturated heterocycles. The maximum Gasteiger partial charge on any atom is 0.323 e. The van der Waals surface area contributed by atoms with Crippen LogP contribution in [-0.4, -0.2) is 40.4 Å². The summed E-state index contributed by atoms with van der Waals surface area (Å²) in [7, 11) is 0. The molecule has 0 unspecified atom stereocenters. The minimum absolute atomic E-state index is 0.157. The van der Waals surface area contributed by atoms with Crippen molar-refractivity contribution in [3.63, 3.8) is 0 Å². The number of benzene rings is 2. The fraction of sp³-hybridized carbons (Fsp3) is 0.200. The Hall–Kier alpha value is -3.68. The summed E-state index contributed by atoms with van der Waals surface area (Å²) in [6.45, 7) is 1.28. The van der Waals surface area contributed by atoms with Crippen molar-refractivity contribution in [2.75, 3.05) is 6.54 Å². The van der Waals surface area contributed by atoms with Gasteiger partial charge in [-0.25, -0.2) is 4.79 Å². The van der Waals surface area contributed by atoms with Crippen LogP contribution in [0.3, 0.4) is 0 Å². The van der Waals surface area contributed by atoms with E-state index in [4.69, 9.17) is 5.11 Å².